The molecular weight excluding hydrogens is 248 g/mol. The fourth-order valence-corrected chi connectivity index (χ4v) is 2.69. The number of hydrogen-bond acceptors (Lipinski definition) is 3. The highest BCUT2D eigenvalue weighted by atomic mass is 16.5. The molecule has 0 radical (unpaired) electrons. The average molecular weight is 270 g/mol. The van der Waals surface area contributed by atoms with Gasteiger partial charge in [0.05, 0.1) is 12.2 Å². The quantitative estimate of drug-likeness (QED) is 0.787. The van der Waals surface area contributed by atoms with Crippen molar-refractivity contribution in [2.45, 2.75) is 57.3 Å². The van der Waals surface area contributed by atoms with Crippen LogP contribution < -0.4 is 5.32 Å². The van der Waals surface area contributed by atoms with E-state index in [1.54, 1.807) is 4.90 Å². The van der Waals surface area contributed by atoms with Crippen molar-refractivity contribution in [2.24, 2.45) is 0 Å². The Morgan fingerprint density at radius 3 is 2.53 bits per heavy atom. The summed E-state index contributed by atoms with van der Waals surface area (Å²) < 4.78 is 5.66. The number of fused-ring (bicyclic) bond motifs is 2. The number of carboxylic acid groups (broad SMARTS) is 1. The highest BCUT2D eigenvalue weighted by Crippen LogP contribution is 2.26. The number of ether oxygens (including phenoxy) is 1. The standard InChI is InChI=1S/C13H22N2O4/c1-2-3-4-11(12(16)17)14-13(18)15-7-9-5-6-10(8-15)19-9/h9-11H,2-8H2,1H3,(H,14,18)(H,16,17). The van der Waals surface area contributed by atoms with Gasteiger partial charge in [0.15, 0.2) is 0 Å². The number of morpholine rings is 1. The van der Waals surface area contributed by atoms with Gasteiger partial charge in [-0.2, -0.15) is 0 Å². The van der Waals surface area contributed by atoms with E-state index in [0.29, 0.717) is 19.5 Å². The van der Waals surface area contributed by atoms with Gasteiger partial charge in [-0.1, -0.05) is 19.8 Å². The van der Waals surface area contributed by atoms with Gasteiger partial charge < -0.3 is 20.1 Å². The summed E-state index contributed by atoms with van der Waals surface area (Å²) in [6.45, 7) is 3.14. The summed E-state index contributed by atoms with van der Waals surface area (Å²) in [5.74, 6) is -0.960. The smallest absolute Gasteiger partial charge is 0.326 e. The van der Waals surface area contributed by atoms with Crippen molar-refractivity contribution in [1.29, 1.82) is 0 Å². The topological polar surface area (TPSA) is 78.9 Å². The van der Waals surface area contributed by atoms with E-state index in [2.05, 4.69) is 5.32 Å². The molecule has 2 bridgehead atoms. The minimum atomic E-state index is -0.960. The van der Waals surface area contributed by atoms with Gasteiger partial charge in [-0.25, -0.2) is 9.59 Å². The van der Waals surface area contributed by atoms with Gasteiger partial charge in [0, 0.05) is 13.1 Å². The van der Waals surface area contributed by atoms with Gasteiger partial charge in [0.2, 0.25) is 0 Å². The van der Waals surface area contributed by atoms with Gasteiger partial charge in [-0.05, 0) is 19.3 Å². The van der Waals surface area contributed by atoms with E-state index < -0.39 is 12.0 Å². The fraction of sp³-hybridized carbons (Fsp3) is 0.846. The lowest BCUT2D eigenvalue weighted by Crippen LogP contribution is -2.53. The second kappa shape index (κ2) is 6.23. The van der Waals surface area contributed by atoms with Gasteiger partial charge in [0.25, 0.3) is 0 Å². The molecule has 2 heterocycles. The van der Waals surface area contributed by atoms with E-state index in [0.717, 1.165) is 25.7 Å². The Kier molecular flexibility index (Phi) is 4.63. The van der Waals surface area contributed by atoms with Crippen molar-refractivity contribution in [3.63, 3.8) is 0 Å². The Hall–Kier alpha value is -1.30. The van der Waals surface area contributed by atoms with Crippen LogP contribution in [0.4, 0.5) is 4.79 Å². The number of likely N-dealkylation sites (tertiary alicyclic amines) is 1. The first-order chi connectivity index (χ1) is 9.10. The minimum Gasteiger partial charge on any atom is -0.480 e. The molecule has 0 spiro atoms. The SMILES string of the molecule is CCCCC(NC(=O)N1CC2CCC(C1)O2)C(=O)O. The molecule has 0 aromatic carbocycles. The van der Waals surface area contributed by atoms with Crippen LogP contribution in [0.1, 0.15) is 39.0 Å². The van der Waals surface area contributed by atoms with Crippen LogP contribution in [0.15, 0.2) is 0 Å². The van der Waals surface area contributed by atoms with Crippen molar-refractivity contribution in [1.82, 2.24) is 10.2 Å². The fourth-order valence-electron chi connectivity index (χ4n) is 2.69. The second-order valence-corrected chi connectivity index (χ2v) is 5.34. The van der Waals surface area contributed by atoms with E-state index in [9.17, 15) is 9.59 Å². The van der Waals surface area contributed by atoms with Crippen molar-refractivity contribution in [3.8, 4) is 0 Å². The molecule has 108 valence electrons. The molecule has 0 aromatic rings. The lowest BCUT2D eigenvalue weighted by molar-refractivity contribution is -0.139. The summed E-state index contributed by atoms with van der Waals surface area (Å²) >= 11 is 0. The number of rotatable bonds is 5. The first-order valence-electron chi connectivity index (χ1n) is 7.04. The average Bonchev–Trinajstić information content (AvgIpc) is 2.72. The maximum Gasteiger partial charge on any atom is 0.326 e. The number of carboxylic acids is 1. The van der Waals surface area contributed by atoms with E-state index in [1.165, 1.54) is 0 Å². The lowest BCUT2D eigenvalue weighted by Gasteiger charge is -2.32. The molecule has 3 atom stereocenters. The number of urea groups is 1. The third-order valence-electron chi connectivity index (χ3n) is 3.77. The van der Waals surface area contributed by atoms with Crippen LogP contribution in [0.3, 0.4) is 0 Å². The minimum absolute atomic E-state index is 0.128. The maximum absolute atomic E-state index is 12.1. The van der Waals surface area contributed by atoms with Crippen LogP contribution in [0.2, 0.25) is 0 Å². The maximum atomic E-state index is 12.1. The number of nitrogens with one attached hydrogen (secondary N) is 1. The van der Waals surface area contributed by atoms with Crippen LogP contribution >= 0.6 is 0 Å². The van der Waals surface area contributed by atoms with Gasteiger partial charge in [0.1, 0.15) is 6.04 Å². The number of hydrogen-bond donors (Lipinski definition) is 2. The van der Waals surface area contributed by atoms with Crippen molar-refractivity contribution < 1.29 is 19.4 Å². The van der Waals surface area contributed by atoms with E-state index in [4.69, 9.17) is 9.84 Å². The number of carbonyl (C=O) groups excluding carboxylic acids is 1. The zero-order valence-corrected chi connectivity index (χ0v) is 11.3. The van der Waals surface area contributed by atoms with Crippen LogP contribution in [-0.2, 0) is 9.53 Å². The van der Waals surface area contributed by atoms with Crippen LogP contribution in [0.5, 0.6) is 0 Å². The number of aliphatic carboxylic acids is 1. The predicted octanol–water partition coefficient (Wildman–Crippen LogP) is 1.20. The van der Waals surface area contributed by atoms with Crippen LogP contribution in [0, 0.1) is 0 Å². The lowest BCUT2D eigenvalue weighted by atomic mass is 10.1. The zero-order chi connectivity index (χ0) is 13.8. The Balaban J connectivity index is 1.86. The summed E-state index contributed by atoms with van der Waals surface area (Å²) in [6.07, 6.45) is 4.44. The molecule has 2 saturated heterocycles. The van der Waals surface area contributed by atoms with Crippen LogP contribution in [-0.4, -0.2) is 53.3 Å². The molecule has 2 aliphatic rings. The third-order valence-corrected chi connectivity index (χ3v) is 3.77. The molecule has 19 heavy (non-hydrogen) atoms. The second-order valence-electron chi connectivity index (χ2n) is 5.34. The number of carbonyl (C=O) groups is 2. The number of unbranched alkanes of at least 4 members (excludes halogenated alkanes) is 1. The normalized spacial score (nSPS) is 27.1. The van der Waals surface area contributed by atoms with Crippen molar-refractivity contribution in [2.75, 3.05) is 13.1 Å². The number of nitrogens with zero attached hydrogens (tertiary/aromatic N) is 1. The molecule has 6 nitrogen and oxygen atoms in total. The summed E-state index contributed by atoms with van der Waals surface area (Å²) in [6, 6.07) is -1.06. The molecule has 2 amide bonds. The predicted molar refractivity (Wildman–Crippen MR) is 68.9 cm³/mol. The highest BCUT2D eigenvalue weighted by molar-refractivity contribution is 5.82. The van der Waals surface area contributed by atoms with Gasteiger partial charge >= 0.3 is 12.0 Å². The summed E-state index contributed by atoms with van der Waals surface area (Å²) in [4.78, 5) is 24.9. The number of amides is 2. The van der Waals surface area contributed by atoms with Crippen molar-refractivity contribution >= 4 is 12.0 Å². The monoisotopic (exact) mass is 270 g/mol. The Labute approximate surface area is 113 Å². The molecule has 0 aliphatic carbocycles. The first kappa shape index (κ1) is 14.1. The Morgan fingerprint density at radius 1 is 1.37 bits per heavy atom. The Morgan fingerprint density at radius 2 is 2.00 bits per heavy atom. The molecule has 0 saturated carbocycles. The molecule has 0 aromatic heterocycles. The molecule has 2 aliphatic heterocycles. The molecule has 6 heteroatoms. The van der Waals surface area contributed by atoms with Crippen LogP contribution in [0.25, 0.3) is 0 Å². The molecule has 2 N–H and O–H groups in total. The molecule has 2 fully saturated rings. The summed E-state index contributed by atoms with van der Waals surface area (Å²) in [5.41, 5.74) is 0. The van der Waals surface area contributed by atoms with E-state index >= 15 is 0 Å². The van der Waals surface area contributed by atoms with Gasteiger partial charge in [-0.15, -0.1) is 0 Å². The molecule has 3 unspecified atom stereocenters. The zero-order valence-electron chi connectivity index (χ0n) is 11.3. The van der Waals surface area contributed by atoms with Crippen molar-refractivity contribution in [3.05, 3.63) is 0 Å². The van der Waals surface area contributed by atoms with Gasteiger partial charge in [-0.3, -0.25) is 0 Å². The largest absolute Gasteiger partial charge is 0.480 e. The first-order valence-corrected chi connectivity index (χ1v) is 7.04. The highest BCUT2D eigenvalue weighted by Gasteiger charge is 2.36. The van der Waals surface area contributed by atoms with E-state index in [-0.39, 0.29) is 18.2 Å². The molecule has 2 rings (SSSR count). The summed E-state index contributed by atoms with van der Waals surface area (Å²) in [7, 11) is 0. The Bertz CT molecular complexity index is 336. The summed E-state index contributed by atoms with van der Waals surface area (Å²) in [5, 5.41) is 11.7. The molecular formula is C13H22N2O4. The third kappa shape index (κ3) is 3.59. The van der Waals surface area contributed by atoms with E-state index in [1.807, 2.05) is 6.92 Å².